The van der Waals surface area contributed by atoms with E-state index in [1.165, 1.54) is 12.8 Å². The van der Waals surface area contributed by atoms with E-state index < -0.39 is 0 Å². The van der Waals surface area contributed by atoms with Gasteiger partial charge in [0.25, 0.3) is 0 Å². The molecular formula is C29H40N8O. The Labute approximate surface area is 226 Å². The first-order chi connectivity index (χ1) is 18.7. The Hall–Kier alpha value is -3.48. The van der Waals surface area contributed by atoms with Crippen LogP contribution in [0.5, 0.6) is 0 Å². The molecule has 0 amide bonds. The van der Waals surface area contributed by atoms with Gasteiger partial charge in [0, 0.05) is 52.5 Å². The number of methoxy groups -OCH3 is 1. The van der Waals surface area contributed by atoms with Crippen LogP contribution in [0.4, 0.5) is 17.5 Å². The van der Waals surface area contributed by atoms with E-state index in [0.717, 1.165) is 80.8 Å². The fourth-order valence-corrected chi connectivity index (χ4v) is 4.45. The maximum atomic E-state index is 5.12. The molecule has 0 spiro atoms. The summed E-state index contributed by atoms with van der Waals surface area (Å²) in [6.45, 7) is 8.27. The molecule has 0 aliphatic carbocycles. The number of amidine groups is 1. The van der Waals surface area contributed by atoms with Crippen LogP contribution in [0.3, 0.4) is 0 Å². The van der Waals surface area contributed by atoms with Crippen molar-refractivity contribution in [3.63, 3.8) is 0 Å². The molecule has 9 nitrogen and oxygen atoms in total. The maximum Gasteiger partial charge on any atom is 0.227 e. The van der Waals surface area contributed by atoms with Gasteiger partial charge < -0.3 is 25.2 Å². The zero-order chi connectivity index (χ0) is 26.6. The number of unbranched alkanes of at least 4 members (excludes halogenated alkanes) is 1. The van der Waals surface area contributed by atoms with Gasteiger partial charge in [-0.15, -0.1) is 5.92 Å². The molecule has 2 N–H and O–H groups in total. The molecule has 2 aromatic heterocycles. The smallest absolute Gasteiger partial charge is 0.227 e. The molecule has 9 heteroatoms. The number of aliphatic imine (C=N–C) groups is 1. The number of hydrogen-bond donors (Lipinski definition) is 2. The van der Waals surface area contributed by atoms with Gasteiger partial charge in [-0.2, -0.15) is 0 Å². The molecule has 2 aromatic rings. The number of hydrogen-bond acceptors (Lipinski definition) is 9. The molecule has 1 unspecified atom stereocenters. The third-order valence-corrected chi connectivity index (χ3v) is 6.60. The summed E-state index contributed by atoms with van der Waals surface area (Å²) in [6.07, 6.45) is 10.2. The molecular weight excluding hydrogens is 476 g/mol. The van der Waals surface area contributed by atoms with E-state index in [1.54, 1.807) is 19.5 Å². The normalized spacial score (nSPS) is 17.1. The summed E-state index contributed by atoms with van der Waals surface area (Å²) >= 11 is 0. The molecule has 2 aliphatic heterocycles. The molecule has 202 valence electrons. The number of rotatable bonds is 11. The Morgan fingerprint density at radius 3 is 2.79 bits per heavy atom. The van der Waals surface area contributed by atoms with Crippen LogP contribution in [0.1, 0.15) is 38.3 Å². The van der Waals surface area contributed by atoms with Crippen molar-refractivity contribution in [2.45, 2.75) is 32.6 Å². The highest BCUT2D eigenvalue weighted by molar-refractivity contribution is 5.93. The number of nitrogens with one attached hydrogen (secondary N) is 2. The molecule has 0 aromatic carbocycles. The Bertz CT molecular complexity index is 1150. The lowest BCUT2D eigenvalue weighted by Gasteiger charge is -2.26. The van der Waals surface area contributed by atoms with E-state index in [1.807, 2.05) is 18.2 Å². The summed E-state index contributed by atoms with van der Waals surface area (Å²) in [6, 6.07) is 5.88. The Balaban J connectivity index is 1.38. The van der Waals surface area contributed by atoms with Gasteiger partial charge in [0.15, 0.2) is 0 Å². The van der Waals surface area contributed by atoms with Crippen molar-refractivity contribution >= 4 is 28.9 Å². The lowest BCUT2D eigenvalue weighted by Crippen LogP contribution is -2.35. The average molecular weight is 517 g/mol. The molecule has 1 fully saturated rings. The van der Waals surface area contributed by atoms with E-state index in [2.05, 4.69) is 62.3 Å². The van der Waals surface area contributed by atoms with Gasteiger partial charge >= 0.3 is 0 Å². The van der Waals surface area contributed by atoms with Crippen LogP contribution in [-0.4, -0.2) is 90.6 Å². The minimum absolute atomic E-state index is 0.0128. The van der Waals surface area contributed by atoms with Crippen molar-refractivity contribution in [2.24, 2.45) is 10.9 Å². The molecule has 0 saturated carbocycles. The first-order valence-corrected chi connectivity index (χ1v) is 13.6. The van der Waals surface area contributed by atoms with Crippen LogP contribution < -0.4 is 10.6 Å². The number of nitrogens with zero attached hydrogens (tertiary/aromatic N) is 6. The number of likely N-dealkylation sites (tertiary alicyclic amines) is 1. The molecule has 1 atom stereocenters. The predicted octanol–water partition coefficient (Wildman–Crippen LogP) is 3.92. The standard InChI is InChI=1S/C29H40N8O/c1-4-5-6-9-23-20-24(21-33-28(23)37-15-7-8-16-37)26-12-13-31-29(35-26)34-25-10-11-27(32-22-25)30-14-17-36(2)18-19-38-3/h10-13,20,22-23H,4-5,7-8,14-19,21H2,1-3H3,(H,30,32)(H,31,34,35). The summed E-state index contributed by atoms with van der Waals surface area (Å²) < 4.78 is 5.12. The van der Waals surface area contributed by atoms with Gasteiger partial charge in [0.05, 0.1) is 36.6 Å². The second-order valence-electron chi connectivity index (χ2n) is 9.65. The van der Waals surface area contributed by atoms with Gasteiger partial charge in [-0.25, -0.2) is 15.0 Å². The van der Waals surface area contributed by atoms with Crippen molar-refractivity contribution in [3.8, 4) is 11.8 Å². The highest BCUT2D eigenvalue weighted by Gasteiger charge is 2.25. The number of dihydropyridines is 1. The van der Waals surface area contributed by atoms with E-state index in [0.29, 0.717) is 12.5 Å². The quantitative estimate of drug-likeness (QED) is 0.435. The van der Waals surface area contributed by atoms with E-state index in [9.17, 15) is 0 Å². The van der Waals surface area contributed by atoms with Crippen LogP contribution >= 0.6 is 0 Å². The Morgan fingerprint density at radius 2 is 2.03 bits per heavy atom. The molecule has 0 radical (unpaired) electrons. The number of pyridine rings is 1. The number of aromatic nitrogens is 3. The fourth-order valence-electron chi connectivity index (χ4n) is 4.45. The summed E-state index contributed by atoms with van der Waals surface area (Å²) in [5, 5.41) is 6.64. The molecule has 1 saturated heterocycles. The second-order valence-corrected chi connectivity index (χ2v) is 9.65. The lowest BCUT2D eigenvalue weighted by atomic mass is 9.98. The van der Waals surface area contributed by atoms with Gasteiger partial charge in [-0.3, -0.25) is 4.99 Å². The summed E-state index contributed by atoms with van der Waals surface area (Å²) in [5.74, 6) is 9.29. The zero-order valence-electron chi connectivity index (χ0n) is 22.9. The van der Waals surface area contributed by atoms with E-state index in [-0.39, 0.29) is 5.92 Å². The topological polar surface area (TPSA) is 90.8 Å². The van der Waals surface area contributed by atoms with Crippen LogP contribution in [0.2, 0.25) is 0 Å². The van der Waals surface area contributed by atoms with Gasteiger partial charge in [0.2, 0.25) is 5.95 Å². The lowest BCUT2D eigenvalue weighted by molar-refractivity contribution is 0.163. The summed E-state index contributed by atoms with van der Waals surface area (Å²) in [7, 11) is 3.80. The van der Waals surface area contributed by atoms with Crippen LogP contribution in [-0.2, 0) is 4.74 Å². The third-order valence-electron chi connectivity index (χ3n) is 6.60. The van der Waals surface area contributed by atoms with Crippen molar-refractivity contribution in [2.75, 3.05) is 70.7 Å². The minimum atomic E-state index is 0.0128. The van der Waals surface area contributed by atoms with Crippen molar-refractivity contribution in [3.05, 3.63) is 42.4 Å². The minimum Gasteiger partial charge on any atom is -0.383 e. The molecule has 0 bridgehead atoms. The molecule has 38 heavy (non-hydrogen) atoms. The van der Waals surface area contributed by atoms with E-state index in [4.69, 9.17) is 14.7 Å². The van der Waals surface area contributed by atoms with Gasteiger partial charge in [-0.1, -0.05) is 18.9 Å². The number of anilines is 3. The van der Waals surface area contributed by atoms with Crippen LogP contribution in [0.25, 0.3) is 5.57 Å². The molecule has 4 rings (SSSR count). The highest BCUT2D eigenvalue weighted by atomic mass is 16.5. The van der Waals surface area contributed by atoms with Gasteiger partial charge in [0.1, 0.15) is 11.7 Å². The fraction of sp³-hybridized carbons (Fsp3) is 0.517. The average Bonchev–Trinajstić information content (AvgIpc) is 3.48. The van der Waals surface area contributed by atoms with Crippen molar-refractivity contribution < 1.29 is 4.74 Å². The first-order valence-electron chi connectivity index (χ1n) is 13.6. The Morgan fingerprint density at radius 1 is 1.16 bits per heavy atom. The number of ether oxygens (including phenoxy) is 1. The van der Waals surface area contributed by atoms with Crippen molar-refractivity contribution in [1.82, 2.24) is 24.8 Å². The highest BCUT2D eigenvalue weighted by Crippen LogP contribution is 2.25. The summed E-state index contributed by atoms with van der Waals surface area (Å²) in [4.78, 5) is 23.3. The molecule has 4 heterocycles. The summed E-state index contributed by atoms with van der Waals surface area (Å²) in [5.41, 5.74) is 2.79. The van der Waals surface area contributed by atoms with Gasteiger partial charge in [-0.05, 0) is 50.1 Å². The van der Waals surface area contributed by atoms with Crippen LogP contribution in [0.15, 0.2) is 41.7 Å². The SMILES string of the molecule is CCCC#CC1C=C(c2ccnc(Nc3ccc(NCCN(C)CCOC)nc3)n2)CN=C1N1CCCC1. The second kappa shape index (κ2) is 14.5. The maximum absolute atomic E-state index is 5.12. The Kier molecular flexibility index (Phi) is 10.5. The zero-order valence-corrected chi connectivity index (χ0v) is 22.9. The predicted molar refractivity (Wildman–Crippen MR) is 155 cm³/mol. The van der Waals surface area contributed by atoms with E-state index >= 15 is 0 Å². The van der Waals surface area contributed by atoms with Crippen molar-refractivity contribution in [1.29, 1.82) is 0 Å². The first kappa shape index (κ1) is 27.6. The number of likely N-dealkylation sites (N-methyl/N-ethyl adjacent to an activating group) is 1. The third kappa shape index (κ3) is 8.01. The van der Waals surface area contributed by atoms with Crippen LogP contribution in [0, 0.1) is 17.8 Å². The largest absolute Gasteiger partial charge is 0.383 e. The molecule has 2 aliphatic rings. The monoisotopic (exact) mass is 516 g/mol.